The second-order valence-corrected chi connectivity index (χ2v) is 33.7. The molecule has 7 unspecified atom stereocenters. The van der Waals surface area contributed by atoms with Crippen molar-refractivity contribution in [1.82, 2.24) is 0 Å². The van der Waals surface area contributed by atoms with Gasteiger partial charge in [-0.05, 0) is 253 Å². The quantitative estimate of drug-likeness (QED) is 0.157. The van der Waals surface area contributed by atoms with Crippen molar-refractivity contribution in [3.8, 4) is 0 Å². The highest BCUT2D eigenvalue weighted by molar-refractivity contribution is 6.13. The third-order valence-electron chi connectivity index (χ3n) is 23.7. The Kier molecular flexibility index (Phi) is 12.5. The van der Waals surface area contributed by atoms with Crippen LogP contribution in [-0.4, -0.2) is 0 Å². The molecule has 0 heteroatoms. The molecule has 15 rings (SSSR count). The molecule has 0 amide bonds. The topological polar surface area (TPSA) is 0 Å². The molecule has 0 saturated carbocycles. The number of rotatable bonds is 4. The first-order chi connectivity index (χ1) is 40.6. The summed E-state index contributed by atoms with van der Waals surface area (Å²) in [6.07, 6.45) is 43.8. The van der Waals surface area contributed by atoms with E-state index in [0.29, 0.717) is 23.7 Å². The Morgan fingerprint density at radius 1 is 0.605 bits per heavy atom. The minimum atomic E-state index is -0.108. The molecule has 0 N–H and O–H groups in total. The van der Waals surface area contributed by atoms with Gasteiger partial charge in [-0.2, -0.15) is 0 Å². The van der Waals surface area contributed by atoms with Crippen molar-refractivity contribution >= 4 is 44.8 Å². The number of hydrogen-bond donors (Lipinski definition) is 0. The summed E-state index contributed by atoms with van der Waals surface area (Å²) in [5.41, 5.74) is 29.3. The summed E-state index contributed by atoms with van der Waals surface area (Å²) in [5.74, 6) is 2.46. The van der Waals surface area contributed by atoms with Crippen LogP contribution in [0.2, 0.25) is 0 Å². The fourth-order valence-corrected chi connectivity index (χ4v) is 18.6. The average molecular weight is 1130 g/mol. The lowest BCUT2D eigenvalue weighted by Crippen LogP contribution is -2.32. The summed E-state index contributed by atoms with van der Waals surface area (Å²) in [4.78, 5) is 0. The molecule has 86 heavy (non-hydrogen) atoms. The van der Waals surface area contributed by atoms with Crippen molar-refractivity contribution in [2.24, 2.45) is 40.4 Å². The van der Waals surface area contributed by atoms with Crippen LogP contribution in [0.4, 0.5) is 0 Å². The van der Waals surface area contributed by atoms with E-state index in [1.807, 2.05) is 0 Å². The Hall–Kier alpha value is -6.24. The van der Waals surface area contributed by atoms with Crippen LogP contribution >= 0.6 is 0 Å². The van der Waals surface area contributed by atoms with Gasteiger partial charge in [0.15, 0.2) is 0 Å². The second-order valence-electron chi connectivity index (χ2n) is 33.7. The van der Waals surface area contributed by atoms with E-state index in [0.717, 1.165) is 44.9 Å². The van der Waals surface area contributed by atoms with Gasteiger partial charge in [0.2, 0.25) is 0 Å². The van der Waals surface area contributed by atoms with E-state index in [9.17, 15) is 0 Å². The maximum atomic E-state index is 2.84. The van der Waals surface area contributed by atoms with Crippen LogP contribution in [0.15, 0.2) is 167 Å². The molecule has 5 aromatic carbocycles. The normalized spacial score (nSPS) is 26.8. The van der Waals surface area contributed by atoms with E-state index in [2.05, 4.69) is 250 Å². The average Bonchev–Trinajstić information content (AvgIpc) is 1.16. The largest absolute Gasteiger partial charge is 0.0842 e. The standard InChI is InChI=1S/C86H96/c1-81(2,3)57-31-33-65-73(45-57)85(13,14)75-47-59(83(7,8)9)43-67(79(65)75)53-37-56-38-54(68-44-60(84(10,11)12)48-76-80(68)66-34-32-58(82(4,5)6)46-74(66)86(76,15)16)42-72-70-40-52(64-30-22-26-50-24-18-20-28-62(50)64)36-55-35-51(39-69(77(55)70)71(41-53)78(56)72)63-29-21-25-49-23-17-19-27-61(49)63/h17-18,21,23-25,29-38,40,42-46,48,51,53,61,63,68,75,80H,19-20,22,26-28,39,41,47H2,1-16H3. The highest BCUT2D eigenvalue weighted by Crippen LogP contribution is 2.62. The van der Waals surface area contributed by atoms with Crippen molar-refractivity contribution in [1.29, 1.82) is 0 Å². The summed E-state index contributed by atoms with van der Waals surface area (Å²) in [6, 6.07) is 26.2. The zero-order chi connectivity index (χ0) is 60.1. The molecular weight excluding hydrogens is 1030 g/mol. The lowest BCUT2D eigenvalue weighted by Gasteiger charge is -2.39. The minimum absolute atomic E-state index is 0.00449. The van der Waals surface area contributed by atoms with Crippen molar-refractivity contribution in [3.63, 3.8) is 0 Å². The van der Waals surface area contributed by atoms with Crippen molar-refractivity contribution < 1.29 is 0 Å². The molecule has 0 bridgehead atoms. The first-order valence-electron chi connectivity index (χ1n) is 33.8. The first-order valence-corrected chi connectivity index (χ1v) is 33.8. The number of fused-ring (bicyclic) bond motifs is 9. The zero-order valence-electron chi connectivity index (χ0n) is 55.2. The fourth-order valence-electron chi connectivity index (χ4n) is 18.6. The molecule has 0 spiro atoms. The molecule has 5 aromatic rings. The molecule has 7 atom stereocenters. The molecular formula is C86H96. The number of allylic oxidation sites excluding steroid dienone is 20. The highest BCUT2D eigenvalue weighted by atomic mass is 14.5. The van der Waals surface area contributed by atoms with Gasteiger partial charge in [0, 0.05) is 23.2 Å². The van der Waals surface area contributed by atoms with Gasteiger partial charge < -0.3 is 0 Å². The van der Waals surface area contributed by atoms with Crippen LogP contribution in [0.1, 0.15) is 223 Å². The summed E-state index contributed by atoms with van der Waals surface area (Å²) in [7, 11) is 0. The maximum absolute atomic E-state index is 2.84. The van der Waals surface area contributed by atoms with Gasteiger partial charge in [-0.1, -0.05) is 243 Å². The van der Waals surface area contributed by atoms with Gasteiger partial charge in [0.1, 0.15) is 0 Å². The Balaban J connectivity index is 1.04. The lowest BCUT2D eigenvalue weighted by atomic mass is 9.64. The van der Waals surface area contributed by atoms with Gasteiger partial charge in [0.05, 0.1) is 0 Å². The molecule has 0 heterocycles. The SMILES string of the molecule is CC(C)(C)C1=CC(c2cc3c4c(c5c6c(cc(C7=CCCC8=C7CCC=C8)cc6c4c2)=CC(C2C=CC=C4C=CCCC42)C5)CC(C2=C4c5ccc(C(C)(C)C)cc5C(C)(C)C4CC(C(C)(C)C)=C2)C=3)C2C(=C1)C(C)(C)c1cc(C(C)(C)C)ccc12. The predicted molar refractivity (Wildman–Crippen MR) is 369 cm³/mol. The van der Waals surface area contributed by atoms with E-state index in [4.69, 9.17) is 0 Å². The van der Waals surface area contributed by atoms with Gasteiger partial charge in [-0.15, -0.1) is 0 Å². The van der Waals surface area contributed by atoms with Crippen LogP contribution in [0.5, 0.6) is 0 Å². The van der Waals surface area contributed by atoms with Crippen molar-refractivity contribution in [2.75, 3.05) is 0 Å². The highest BCUT2D eigenvalue weighted by Gasteiger charge is 2.50. The Morgan fingerprint density at radius 2 is 1.31 bits per heavy atom. The molecule has 0 nitrogen and oxygen atoms in total. The molecule has 0 fully saturated rings. The number of hydrogen-bond acceptors (Lipinski definition) is 0. The molecule has 440 valence electrons. The first kappa shape index (κ1) is 56.3. The fraction of sp³-hybridized carbons (Fsp3) is 0.442. The molecule has 0 saturated heterocycles. The van der Waals surface area contributed by atoms with Crippen molar-refractivity contribution in [3.05, 3.63) is 233 Å². The summed E-state index contributed by atoms with van der Waals surface area (Å²) >= 11 is 0. The third kappa shape index (κ3) is 8.68. The van der Waals surface area contributed by atoms with E-state index in [-0.39, 0.29) is 50.2 Å². The minimum Gasteiger partial charge on any atom is -0.0842 e. The summed E-state index contributed by atoms with van der Waals surface area (Å²) in [6.45, 7) is 39.3. The summed E-state index contributed by atoms with van der Waals surface area (Å²) in [5, 5.41) is 8.95. The lowest BCUT2D eigenvalue weighted by molar-refractivity contribution is 0.348. The Morgan fingerprint density at radius 3 is 2.06 bits per heavy atom. The molecule has 0 aromatic heterocycles. The van der Waals surface area contributed by atoms with Crippen molar-refractivity contribution in [2.45, 2.75) is 202 Å². The molecule has 0 aliphatic heterocycles. The maximum Gasteiger partial charge on any atom is 0.0167 e. The number of benzene rings is 5. The Bertz CT molecular complexity index is 4290. The van der Waals surface area contributed by atoms with Gasteiger partial charge >= 0.3 is 0 Å². The predicted octanol–water partition coefficient (Wildman–Crippen LogP) is 21.2. The molecule has 0 radical (unpaired) electrons. The second kappa shape index (κ2) is 19.1. The molecule has 10 aliphatic carbocycles. The van der Waals surface area contributed by atoms with E-state index in [1.165, 1.54) is 100 Å². The third-order valence-corrected chi connectivity index (χ3v) is 23.7. The summed E-state index contributed by atoms with van der Waals surface area (Å²) < 4.78 is 0. The van der Waals surface area contributed by atoms with Gasteiger partial charge in [-0.25, -0.2) is 0 Å². The smallest absolute Gasteiger partial charge is 0.0167 e. The Labute approximate surface area is 516 Å². The monoisotopic (exact) mass is 1130 g/mol. The molecule has 10 aliphatic rings. The zero-order valence-corrected chi connectivity index (χ0v) is 55.2. The van der Waals surface area contributed by atoms with Crippen LogP contribution in [0, 0.1) is 40.4 Å². The van der Waals surface area contributed by atoms with Gasteiger partial charge in [0.25, 0.3) is 0 Å². The van der Waals surface area contributed by atoms with Crippen LogP contribution in [0.3, 0.4) is 0 Å². The van der Waals surface area contributed by atoms with Gasteiger partial charge in [-0.3, -0.25) is 0 Å². The van der Waals surface area contributed by atoms with Crippen LogP contribution in [-0.2, 0) is 34.5 Å². The van der Waals surface area contributed by atoms with E-state index in [1.54, 1.807) is 50.1 Å². The van der Waals surface area contributed by atoms with E-state index >= 15 is 0 Å². The van der Waals surface area contributed by atoms with Crippen LogP contribution in [0.25, 0.3) is 44.8 Å². The van der Waals surface area contributed by atoms with E-state index < -0.39 is 0 Å². The van der Waals surface area contributed by atoms with Crippen LogP contribution < -0.4 is 10.4 Å².